The van der Waals surface area contributed by atoms with Gasteiger partial charge in [0.2, 0.25) is 5.91 Å². The molecule has 0 heterocycles. The number of allylic oxidation sites excluding steroid dienone is 1. The van der Waals surface area contributed by atoms with Crippen molar-refractivity contribution in [2.45, 2.75) is 6.54 Å². The lowest BCUT2D eigenvalue weighted by Gasteiger charge is -2.12. The van der Waals surface area contributed by atoms with Crippen molar-refractivity contribution in [1.29, 1.82) is 5.41 Å². The summed E-state index contributed by atoms with van der Waals surface area (Å²) in [5, 5.41) is 14.2. The van der Waals surface area contributed by atoms with Gasteiger partial charge in [0.15, 0.2) is 0 Å². The minimum atomic E-state index is -0.300. The molecule has 0 radical (unpaired) electrons. The highest BCUT2D eigenvalue weighted by Gasteiger charge is 2.10. The van der Waals surface area contributed by atoms with Crippen LogP contribution in [0, 0.1) is 11.2 Å². The van der Waals surface area contributed by atoms with Gasteiger partial charge < -0.3 is 20.8 Å². The Balaban J connectivity index is 2.28. The molecule has 2 rings (SSSR count). The quantitative estimate of drug-likeness (QED) is 0.335. The summed E-state index contributed by atoms with van der Waals surface area (Å²) < 4.78 is 18.2. The Bertz CT molecular complexity index is 861. The van der Waals surface area contributed by atoms with E-state index in [0.29, 0.717) is 18.7 Å². The van der Waals surface area contributed by atoms with E-state index in [0.717, 1.165) is 16.7 Å². The average Bonchev–Trinajstić information content (AvgIpc) is 2.72. The SMILES string of the molecule is C=CC(=O)NCc1ccc(-c2ccc(F)cc2)cc1C(=N)/C=C\NCCOC. The molecule has 3 N–H and O–H groups in total. The molecule has 0 aliphatic carbocycles. The summed E-state index contributed by atoms with van der Waals surface area (Å²) in [5.74, 6) is -0.581. The highest BCUT2D eigenvalue weighted by atomic mass is 19.1. The summed E-state index contributed by atoms with van der Waals surface area (Å²) >= 11 is 0. The van der Waals surface area contributed by atoms with Crippen LogP contribution >= 0.6 is 0 Å². The monoisotopic (exact) mass is 381 g/mol. The van der Waals surface area contributed by atoms with E-state index in [9.17, 15) is 9.18 Å². The number of rotatable bonds is 10. The molecule has 0 saturated heterocycles. The summed E-state index contributed by atoms with van der Waals surface area (Å²) in [7, 11) is 1.62. The molecular formula is C22H24FN3O2. The van der Waals surface area contributed by atoms with E-state index >= 15 is 0 Å². The molecule has 146 valence electrons. The Labute approximate surface area is 164 Å². The Morgan fingerprint density at radius 1 is 1.21 bits per heavy atom. The van der Waals surface area contributed by atoms with Crippen molar-refractivity contribution < 1.29 is 13.9 Å². The van der Waals surface area contributed by atoms with Gasteiger partial charge in [-0.2, -0.15) is 0 Å². The van der Waals surface area contributed by atoms with E-state index in [4.69, 9.17) is 10.1 Å². The summed E-state index contributed by atoms with van der Waals surface area (Å²) in [5.41, 5.74) is 3.47. The Morgan fingerprint density at radius 2 is 1.93 bits per heavy atom. The molecule has 0 spiro atoms. The maximum atomic E-state index is 13.2. The van der Waals surface area contributed by atoms with Gasteiger partial charge in [0.1, 0.15) is 5.82 Å². The summed E-state index contributed by atoms with van der Waals surface area (Å²) in [6, 6.07) is 11.8. The van der Waals surface area contributed by atoms with E-state index < -0.39 is 0 Å². The lowest BCUT2D eigenvalue weighted by Crippen LogP contribution is -2.21. The Morgan fingerprint density at radius 3 is 2.61 bits per heavy atom. The standard InChI is InChI=1S/C22H24FN3O2/c1-3-22(27)26-15-18-5-4-17(16-6-8-19(23)9-7-16)14-20(18)21(24)10-11-25-12-13-28-2/h3-11,14,24-25H,1,12-13,15H2,2H3,(H,26,27)/b11-10-,24-21?. The van der Waals surface area contributed by atoms with Gasteiger partial charge in [-0.25, -0.2) is 4.39 Å². The van der Waals surface area contributed by atoms with Crippen LogP contribution in [-0.2, 0) is 16.1 Å². The lowest BCUT2D eigenvalue weighted by atomic mass is 9.96. The lowest BCUT2D eigenvalue weighted by molar-refractivity contribution is -0.116. The van der Waals surface area contributed by atoms with Crippen LogP contribution in [-0.4, -0.2) is 31.9 Å². The molecule has 2 aromatic rings. The molecule has 0 unspecified atom stereocenters. The first-order valence-electron chi connectivity index (χ1n) is 8.82. The molecule has 0 atom stereocenters. The van der Waals surface area contributed by atoms with Gasteiger partial charge in [0, 0.05) is 25.8 Å². The number of hydrogen-bond acceptors (Lipinski definition) is 4. The maximum Gasteiger partial charge on any atom is 0.243 e. The third-order valence-corrected chi connectivity index (χ3v) is 4.03. The first-order chi connectivity index (χ1) is 13.5. The van der Waals surface area contributed by atoms with Gasteiger partial charge in [0.05, 0.1) is 12.3 Å². The second kappa shape index (κ2) is 10.8. The Hall–Kier alpha value is -3.25. The van der Waals surface area contributed by atoms with Crippen LogP contribution in [0.4, 0.5) is 4.39 Å². The fourth-order valence-corrected chi connectivity index (χ4v) is 2.53. The molecule has 0 saturated carbocycles. The van der Waals surface area contributed by atoms with Gasteiger partial charge >= 0.3 is 0 Å². The minimum absolute atomic E-state index is 0.275. The molecule has 0 aromatic heterocycles. The molecule has 5 nitrogen and oxygen atoms in total. The van der Waals surface area contributed by atoms with Crippen LogP contribution < -0.4 is 10.6 Å². The Kier molecular flexibility index (Phi) is 8.11. The number of benzene rings is 2. The topological polar surface area (TPSA) is 74.2 Å². The predicted octanol–water partition coefficient (Wildman–Crippen LogP) is 3.41. The molecule has 0 fully saturated rings. The average molecular weight is 381 g/mol. The van der Waals surface area contributed by atoms with Crippen LogP contribution in [0.25, 0.3) is 11.1 Å². The third kappa shape index (κ3) is 6.17. The number of methoxy groups -OCH3 is 1. The first kappa shape index (κ1) is 21.1. The molecule has 1 amide bonds. The summed E-state index contributed by atoms with van der Waals surface area (Å²) in [6.45, 7) is 4.92. The van der Waals surface area contributed by atoms with Crippen LogP contribution in [0.5, 0.6) is 0 Å². The predicted molar refractivity (Wildman–Crippen MR) is 110 cm³/mol. The highest BCUT2D eigenvalue weighted by molar-refractivity contribution is 6.08. The van der Waals surface area contributed by atoms with Crippen molar-refractivity contribution in [2.24, 2.45) is 0 Å². The number of hydrogen-bond donors (Lipinski definition) is 3. The number of carbonyl (C=O) groups excluding carboxylic acids is 1. The zero-order valence-corrected chi connectivity index (χ0v) is 15.8. The molecular weight excluding hydrogens is 357 g/mol. The van der Waals surface area contributed by atoms with Crippen molar-refractivity contribution in [3.8, 4) is 11.1 Å². The van der Waals surface area contributed by atoms with E-state index in [-0.39, 0.29) is 24.0 Å². The second-order valence-electron chi connectivity index (χ2n) is 5.99. The highest BCUT2D eigenvalue weighted by Crippen LogP contribution is 2.24. The van der Waals surface area contributed by atoms with Gasteiger partial charge in [0.25, 0.3) is 0 Å². The number of nitrogens with one attached hydrogen (secondary N) is 3. The van der Waals surface area contributed by atoms with Gasteiger partial charge in [-0.3, -0.25) is 4.79 Å². The van der Waals surface area contributed by atoms with Crippen LogP contribution in [0.1, 0.15) is 11.1 Å². The van der Waals surface area contributed by atoms with Gasteiger partial charge in [-0.05, 0) is 53.2 Å². The van der Waals surface area contributed by atoms with Gasteiger partial charge in [-0.1, -0.05) is 30.8 Å². The zero-order chi connectivity index (χ0) is 20.4. The molecule has 0 aliphatic heterocycles. The molecule has 28 heavy (non-hydrogen) atoms. The van der Waals surface area contributed by atoms with E-state index in [1.165, 1.54) is 18.2 Å². The van der Waals surface area contributed by atoms with E-state index in [2.05, 4.69) is 17.2 Å². The van der Waals surface area contributed by atoms with Crippen molar-refractivity contribution >= 4 is 11.6 Å². The smallest absolute Gasteiger partial charge is 0.243 e. The largest absolute Gasteiger partial charge is 0.389 e. The molecule has 0 aliphatic rings. The minimum Gasteiger partial charge on any atom is -0.389 e. The van der Waals surface area contributed by atoms with Crippen molar-refractivity contribution in [2.75, 3.05) is 20.3 Å². The molecule has 0 bridgehead atoms. The van der Waals surface area contributed by atoms with Crippen LogP contribution in [0.2, 0.25) is 0 Å². The second-order valence-corrected chi connectivity index (χ2v) is 5.99. The number of amides is 1. The summed E-state index contributed by atoms with van der Waals surface area (Å²) in [6.07, 6.45) is 4.55. The third-order valence-electron chi connectivity index (χ3n) is 4.03. The van der Waals surface area contributed by atoms with Crippen molar-refractivity contribution in [3.05, 3.63) is 84.3 Å². The van der Waals surface area contributed by atoms with Crippen molar-refractivity contribution in [3.63, 3.8) is 0 Å². The van der Waals surface area contributed by atoms with E-state index in [1.807, 2.05) is 18.2 Å². The molecule has 6 heteroatoms. The van der Waals surface area contributed by atoms with E-state index in [1.54, 1.807) is 31.5 Å². The number of halogens is 1. The number of carbonyl (C=O) groups is 1. The normalized spacial score (nSPS) is 10.6. The fourth-order valence-electron chi connectivity index (χ4n) is 2.53. The number of ether oxygens (including phenoxy) is 1. The van der Waals surface area contributed by atoms with Crippen molar-refractivity contribution in [1.82, 2.24) is 10.6 Å². The molecule has 2 aromatic carbocycles. The zero-order valence-electron chi connectivity index (χ0n) is 15.8. The fraction of sp³-hybridized carbons (Fsp3) is 0.182. The first-order valence-corrected chi connectivity index (χ1v) is 8.82. The summed E-state index contributed by atoms with van der Waals surface area (Å²) in [4.78, 5) is 11.5. The maximum absolute atomic E-state index is 13.2. The van der Waals surface area contributed by atoms with Gasteiger partial charge in [-0.15, -0.1) is 0 Å². The van der Waals surface area contributed by atoms with Crippen LogP contribution in [0.3, 0.4) is 0 Å². The van der Waals surface area contributed by atoms with Crippen LogP contribution in [0.15, 0.2) is 67.4 Å².